The predicted molar refractivity (Wildman–Crippen MR) is 97.8 cm³/mol. The van der Waals surface area contributed by atoms with Gasteiger partial charge in [-0.2, -0.15) is 0 Å². The molecule has 1 aromatic heterocycles. The summed E-state index contributed by atoms with van der Waals surface area (Å²) >= 11 is 5.92. The third-order valence-electron chi connectivity index (χ3n) is 4.01. The molecule has 0 unspecified atom stereocenters. The highest BCUT2D eigenvalue weighted by Gasteiger charge is 2.18. The minimum atomic E-state index is -0.451. The second kappa shape index (κ2) is 7.63. The number of non-ortho nitro benzene ring substituents is 1. The minimum absolute atomic E-state index is 0.0142. The van der Waals surface area contributed by atoms with E-state index in [9.17, 15) is 10.1 Å². The van der Waals surface area contributed by atoms with E-state index in [4.69, 9.17) is 16.0 Å². The normalized spacial score (nSPS) is 13.3. The molecule has 0 fully saturated rings. The second-order valence-corrected chi connectivity index (χ2v) is 6.35. The summed E-state index contributed by atoms with van der Waals surface area (Å²) in [5.41, 5.74) is 1.74. The maximum absolute atomic E-state index is 10.7. The van der Waals surface area contributed by atoms with Gasteiger partial charge in [-0.3, -0.25) is 15.4 Å². The number of rotatable bonds is 6. The van der Waals surface area contributed by atoms with Crippen LogP contribution in [0.1, 0.15) is 37.4 Å². The summed E-state index contributed by atoms with van der Waals surface area (Å²) in [5.74, 6) is 0.766. The van der Waals surface area contributed by atoms with E-state index in [-0.39, 0.29) is 17.8 Å². The average Bonchev–Trinajstić information content (AvgIpc) is 3.12. The summed E-state index contributed by atoms with van der Waals surface area (Å²) in [6.07, 6.45) is 0. The number of hydrogen-bond acceptors (Lipinski definition) is 6. The lowest BCUT2D eigenvalue weighted by molar-refractivity contribution is -0.384. The van der Waals surface area contributed by atoms with Crippen molar-refractivity contribution < 1.29 is 9.34 Å². The highest BCUT2D eigenvalue weighted by Crippen LogP contribution is 2.25. The second-order valence-electron chi connectivity index (χ2n) is 5.91. The molecule has 0 spiro atoms. The van der Waals surface area contributed by atoms with E-state index in [1.165, 1.54) is 12.1 Å². The van der Waals surface area contributed by atoms with Crippen molar-refractivity contribution in [2.75, 3.05) is 0 Å². The van der Waals surface area contributed by atoms with Gasteiger partial charge in [-0.15, -0.1) is 10.2 Å². The van der Waals surface area contributed by atoms with Gasteiger partial charge in [0.25, 0.3) is 5.69 Å². The van der Waals surface area contributed by atoms with Crippen LogP contribution in [0.5, 0.6) is 0 Å². The Morgan fingerprint density at radius 1 is 1.04 bits per heavy atom. The van der Waals surface area contributed by atoms with Crippen LogP contribution in [0, 0.1) is 10.1 Å². The molecule has 7 nitrogen and oxygen atoms in total. The Morgan fingerprint density at radius 2 is 1.69 bits per heavy atom. The molecule has 3 aromatic rings. The van der Waals surface area contributed by atoms with Gasteiger partial charge in [-0.1, -0.05) is 23.7 Å². The van der Waals surface area contributed by atoms with Crippen LogP contribution >= 0.6 is 11.6 Å². The van der Waals surface area contributed by atoms with Crippen molar-refractivity contribution in [3.63, 3.8) is 0 Å². The fourth-order valence-corrected chi connectivity index (χ4v) is 2.67. The summed E-state index contributed by atoms with van der Waals surface area (Å²) in [4.78, 5) is 10.3. The number of nitro benzene ring substituents is 1. The van der Waals surface area contributed by atoms with Gasteiger partial charge in [0.15, 0.2) is 0 Å². The third-order valence-corrected chi connectivity index (χ3v) is 4.26. The quantitative estimate of drug-likeness (QED) is 0.497. The molecule has 0 saturated carbocycles. The van der Waals surface area contributed by atoms with Gasteiger partial charge < -0.3 is 4.42 Å². The largest absolute Gasteiger partial charge is 0.419 e. The third kappa shape index (κ3) is 4.07. The molecule has 0 amide bonds. The highest BCUT2D eigenvalue weighted by molar-refractivity contribution is 6.30. The molecule has 0 saturated heterocycles. The summed E-state index contributed by atoms with van der Waals surface area (Å²) < 4.78 is 5.71. The number of aromatic nitrogens is 2. The topological polar surface area (TPSA) is 94.1 Å². The first kappa shape index (κ1) is 18.0. The molecule has 0 aliphatic carbocycles. The standard InChI is InChI=1S/C18H17ClN4O3/c1-11(13-3-7-15(19)8-4-13)20-12(2)17-21-22-18(26-17)14-5-9-16(10-6-14)23(24)25/h3-12,20H,1-2H3/t11-,12+/m0/s1. The SMILES string of the molecule is C[C@H](N[C@H](C)c1nnc(-c2ccc([N+](=O)[O-])cc2)o1)c1ccc(Cl)cc1. The van der Waals surface area contributed by atoms with Gasteiger partial charge in [0, 0.05) is 28.8 Å². The number of nitro groups is 1. The number of halogens is 1. The molecule has 0 aliphatic rings. The summed E-state index contributed by atoms with van der Waals surface area (Å²) in [5, 5.41) is 22.9. The van der Waals surface area contributed by atoms with Crippen LogP contribution in [0.2, 0.25) is 5.02 Å². The van der Waals surface area contributed by atoms with Crippen LogP contribution < -0.4 is 5.32 Å². The van der Waals surface area contributed by atoms with Crippen LogP contribution in [0.25, 0.3) is 11.5 Å². The Hall–Kier alpha value is -2.77. The lowest BCUT2D eigenvalue weighted by atomic mass is 10.1. The Balaban J connectivity index is 1.70. The maximum Gasteiger partial charge on any atom is 0.269 e. The van der Waals surface area contributed by atoms with Crippen LogP contribution in [0.4, 0.5) is 5.69 Å². The first-order valence-corrected chi connectivity index (χ1v) is 8.41. The number of benzene rings is 2. The minimum Gasteiger partial charge on any atom is -0.419 e. The van der Waals surface area contributed by atoms with Gasteiger partial charge in [-0.05, 0) is 43.7 Å². The Kier molecular flexibility index (Phi) is 5.29. The zero-order chi connectivity index (χ0) is 18.7. The number of hydrogen-bond donors (Lipinski definition) is 1. The van der Waals surface area contributed by atoms with E-state index in [1.807, 2.05) is 38.1 Å². The van der Waals surface area contributed by atoms with Crippen molar-refractivity contribution in [1.29, 1.82) is 0 Å². The smallest absolute Gasteiger partial charge is 0.269 e. The van der Waals surface area contributed by atoms with E-state index in [1.54, 1.807) is 12.1 Å². The lowest BCUT2D eigenvalue weighted by Crippen LogP contribution is -2.22. The van der Waals surface area contributed by atoms with Crippen LogP contribution in [-0.2, 0) is 0 Å². The fourth-order valence-electron chi connectivity index (χ4n) is 2.55. The van der Waals surface area contributed by atoms with E-state index < -0.39 is 4.92 Å². The number of nitrogens with zero attached hydrogens (tertiary/aromatic N) is 3. The first-order chi connectivity index (χ1) is 12.4. The molecule has 3 rings (SSSR count). The molecule has 8 heteroatoms. The summed E-state index contributed by atoms with van der Waals surface area (Å²) in [6, 6.07) is 13.5. The van der Waals surface area contributed by atoms with Crippen molar-refractivity contribution in [2.24, 2.45) is 0 Å². The van der Waals surface area contributed by atoms with E-state index in [0.29, 0.717) is 22.4 Å². The van der Waals surface area contributed by atoms with Crippen LogP contribution in [0.15, 0.2) is 52.9 Å². The maximum atomic E-state index is 10.7. The molecular weight excluding hydrogens is 356 g/mol. The molecule has 1 heterocycles. The highest BCUT2D eigenvalue weighted by atomic mass is 35.5. The van der Waals surface area contributed by atoms with E-state index in [2.05, 4.69) is 15.5 Å². The predicted octanol–water partition coefficient (Wildman–Crippen LogP) is 4.71. The molecule has 134 valence electrons. The monoisotopic (exact) mass is 372 g/mol. The van der Waals surface area contributed by atoms with Crippen molar-refractivity contribution in [3.05, 3.63) is 75.1 Å². The summed E-state index contributed by atoms with van der Waals surface area (Å²) in [7, 11) is 0. The Labute approximate surface area is 155 Å². The average molecular weight is 373 g/mol. The van der Waals surface area contributed by atoms with Crippen LogP contribution in [-0.4, -0.2) is 15.1 Å². The molecule has 2 atom stereocenters. The van der Waals surface area contributed by atoms with Gasteiger partial charge >= 0.3 is 0 Å². The zero-order valence-corrected chi connectivity index (χ0v) is 15.0. The van der Waals surface area contributed by atoms with Crippen molar-refractivity contribution in [1.82, 2.24) is 15.5 Å². The molecule has 0 bridgehead atoms. The van der Waals surface area contributed by atoms with Crippen LogP contribution in [0.3, 0.4) is 0 Å². The zero-order valence-electron chi connectivity index (χ0n) is 14.2. The summed E-state index contributed by atoms with van der Waals surface area (Å²) in [6.45, 7) is 3.97. The number of nitrogens with one attached hydrogen (secondary N) is 1. The molecule has 0 aliphatic heterocycles. The Bertz CT molecular complexity index is 894. The molecule has 1 N–H and O–H groups in total. The Morgan fingerprint density at radius 3 is 2.31 bits per heavy atom. The van der Waals surface area contributed by atoms with Gasteiger partial charge in [0.2, 0.25) is 11.8 Å². The fraction of sp³-hybridized carbons (Fsp3) is 0.222. The first-order valence-electron chi connectivity index (χ1n) is 8.04. The molecule has 0 radical (unpaired) electrons. The van der Waals surface area contributed by atoms with Crippen molar-refractivity contribution in [2.45, 2.75) is 25.9 Å². The molecule has 2 aromatic carbocycles. The van der Waals surface area contributed by atoms with E-state index in [0.717, 1.165) is 5.56 Å². The lowest BCUT2D eigenvalue weighted by Gasteiger charge is -2.17. The van der Waals surface area contributed by atoms with E-state index >= 15 is 0 Å². The molecular formula is C18H17ClN4O3. The van der Waals surface area contributed by atoms with Gasteiger partial charge in [0.1, 0.15) is 0 Å². The van der Waals surface area contributed by atoms with Crippen molar-refractivity contribution in [3.8, 4) is 11.5 Å². The van der Waals surface area contributed by atoms with Gasteiger partial charge in [0.05, 0.1) is 11.0 Å². The molecule has 26 heavy (non-hydrogen) atoms. The van der Waals surface area contributed by atoms with Crippen molar-refractivity contribution >= 4 is 17.3 Å². The van der Waals surface area contributed by atoms with Gasteiger partial charge in [-0.25, -0.2) is 0 Å².